The lowest BCUT2D eigenvalue weighted by atomic mass is 10.1. The van der Waals surface area contributed by atoms with Crippen molar-refractivity contribution >= 4 is 27.5 Å². The molecule has 0 saturated heterocycles. The molecule has 1 aliphatic carbocycles. The topological polar surface area (TPSA) is 96.0 Å². The van der Waals surface area contributed by atoms with Crippen LogP contribution < -0.4 is 14.4 Å². The van der Waals surface area contributed by atoms with Gasteiger partial charge in [0.15, 0.2) is 0 Å². The molecule has 0 spiro atoms. The Bertz CT molecular complexity index is 1070. The van der Waals surface area contributed by atoms with Gasteiger partial charge in [0.1, 0.15) is 18.3 Å². The maximum atomic E-state index is 13.5. The third-order valence-corrected chi connectivity index (χ3v) is 7.24. The van der Waals surface area contributed by atoms with Crippen molar-refractivity contribution in [3.05, 3.63) is 60.2 Å². The van der Waals surface area contributed by atoms with E-state index < -0.39 is 28.5 Å². The van der Waals surface area contributed by atoms with E-state index in [2.05, 4.69) is 5.32 Å². The zero-order valence-corrected chi connectivity index (χ0v) is 20.8. The van der Waals surface area contributed by atoms with Gasteiger partial charge >= 0.3 is 0 Å². The average molecular weight is 488 g/mol. The van der Waals surface area contributed by atoms with Crippen molar-refractivity contribution in [3.8, 4) is 5.75 Å². The summed E-state index contributed by atoms with van der Waals surface area (Å²) in [6.45, 7) is 1.46. The van der Waals surface area contributed by atoms with Gasteiger partial charge in [-0.25, -0.2) is 8.42 Å². The van der Waals surface area contributed by atoms with Crippen molar-refractivity contribution in [3.63, 3.8) is 0 Å². The molecule has 9 heteroatoms. The minimum atomic E-state index is -3.76. The fourth-order valence-corrected chi connectivity index (χ4v) is 4.97. The van der Waals surface area contributed by atoms with Gasteiger partial charge in [-0.05, 0) is 49.6 Å². The minimum Gasteiger partial charge on any atom is -0.497 e. The molecule has 1 fully saturated rings. The lowest BCUT2D eigenvalue weighted by molar-refractivity contribution is -0.139. The summed E-state index contributed by atoms with van der Waals surface area (Å²) in [4.78, 5) is 28.0. The van der Waals surface area contributed by atoms with Gasteiger partial charge in [-0.1, -0.05) is 43.2 Å². The van der Waals surface area contributed by atoms with Crippen LogP contribution in [0.4, 0.5) is 5.69 Å². The zero-order chi connectivity index (χ0) is 24.7. The standard InChI is InChI=1S/C25H33N3O5S/c1-19(25(30)26-21-11-7-8-12-21)27(17-20-9-5-4-6-10-20)24(29)18-28(34(3,31)32)22-13-15-23(33-2)16-14-22/h4-6,9-10,13-16,19,21H,7-8,11-12,17-18H2,1-3H3,(H,26,30)/t19-/m1/s1. The van der Waals surface area contributed by atoms with Crippen LogP contribution in [0.2, 0.25) is 0 Å². The molecule has 3 rings (SSSR count). The minimum absolute atomic E-state index is 0.121. The summed E-state index contributed by atoms with van der Waals surface area (Å²) in [6, 6.07) is 15.2. The lowest BCUT2D eigenvalue weighted by Crippen LogP contribution is -2.52. The first-order valence-corrected chi connectivity index (χ1v) is 13.3. The van der Waals surface area contributed by atoms with E-state index in [4.69, 9.17) is 4.74 Å². The smallest absolute Gasteiger partial charge is 0.244 e. The predicted octanol–water partition coefficient (Wildman–Crippen LogP) is 2.94. The number of hydrogen-bond donors (Lipinski definition) is 1. The second-order valence-corrected chi connectivity index (χ2v) is 10.5. The first-order valence-electron chi connectivity index (χ1n) is 11.4. The Morgan fingerprint density at radius 2 is 1.68 bits per heavy atom. The van der Waals surface area contributed by atoms with Crippen LogP contribution >= 0.6 is 0 Å². The SMILES string of the molecule is COc1ccc(N(CC(=O)N(Cc2ccccc2)[C@H](C)C(=O)NC2CCCC2)S(C)(=O)=O)cc1. The van der Waals surface area contributed by atoms with Gasteiger partial charge in [0.05, 0.1) is 19.1 Å². The molecule has 34 heavy (non-hydrogen) atoms. The van der Waals surface area contributed by atoms with Crippen LogP contribution in [-0.4, -0.2) is 57.1 Å². The molecule has 2 aromatic rings. The van der Waals surface area contributed by atoms with Crippen molar-refractivity contribution in [1.29, 1.82) is 0 Å². The summed E-state index contributed by atoms with van der Waals surface area (Å²) in [6.07, 6.45) is 5.09. The zero-order valence-electron chi connectivity index (χ0n) is 19.9. The summed E-state index contributed by atoms with van der Waals surface area (Å²) in [5, 5.41) is 3.05. The van der Waals surface area contributed by atoms with Crippen LogP contribution in [0.5, 0.6) is 5.75 Å². The van der Waals surface area contributed by atoms with Gasteiger partial charge < -0.3 is 15.0 Å². The molecule has 0 bridgehead atoms. The van der Waals surface area contributed by atoms with Gasteiger partial charge in [0.2, 0.25) is 21.8 Å². The number of rotatable bonds is 10. The maximum absolute atomic E-state index is 13.5. The average Bonchev–Trinajstić information content (AvgIpc) is 3.33. The van der Waals surface area contributed by atoms with Gasteiger partial charge in [0, 0.05) is 12.6 Å². The summed E-state index contributed by atoms with van der Waals surface area (Å²) < 4.78 is 31.4. The Kier molecular flexibility index (Phi) is 8.55. The molecule has 1 N–H and O–H groups in total. The monoisotopic (exact) mass is 487 g/mol. The Morgan fingerprint density at radius 3 is 2.24 bits per heavy atom. The number of carbonyl (C=O) groups is 2. The summed E-state index contributed by atoms with van der Waals surface area (Å²) in [5.41, 5.74) is 1.20. The first-order chi connectivity index (χ1) is 16.2. The number of sulfonamides is 1. The van der Waals surface area contributed by atoms with Gasteiger partial charge in [-0.2, -0.15) is 0 Å². The molecular weight excluding hydrogens is 454 g/mol. The number of amides is 2. The maximum Gasteiger partial charge on any atom is 0.244 e. The number of nitrogens with one attached hydrogen (secondary N) is 1. The van der Waals surface area contributed by atoms with Crippen LogP contribution in [0.25, 0.3) is 0 Å². The van der Waals surface area contributed by atoms with E-state index in [0.29, 0.717) is 11.4 Å². The van der Waals surface area contributed by atoms with Crippen molar-refractivity contribution in [2.45, 2.75) is 51.2 Å². The molecule has 0 aromatic heterocycles. The van der Waals surface area contributed by atoms with Crippen LogP contribution in [0, 0.1) is 0 Å². The Hall–Kier alpha value is -3.07. The molecule has 1 aliphatic rings. The van der Waals surface area contributed by atoms with Gasteiger partial charge in [0.25, 0.3) is 0 Å². The normalized spacial score (nSPS) is 14.9. The number of ether oxygens (including phenoxy) is 1. The molecule has 0 heterocycles. The number of anilines is 1. The molecule has 2 aromatic carbocycles. The summed E-state index contributed by atoms with van der Waals surface area (Å²) in [7, 11) is -2.24. The van der Waals surface area contributed by atoms with E-state index in [0.717, 1.165) is 41.8 Å². The van der Waals surface area contributed by atoms with Gasteiger partial charge in [-0.15, -0.1) is 0 Å². The molecule has 0 aliphatic heterocycles. The Balaban J connectivity index is 1.84. The quantitative estimate of drug-likeness (QED) is 0.556. The van der Waals surface area contributed by atoms with Crippen molar-refractivity contribution in [2.75, 3.05) is 24.2 Å². The Morgan fingerprint density at radius 1 is 1.06 bits per heavy atom. The summed E-state index contributed by atoms with van der Waals surface area (Å²) in [5.74, 6) is -0.114. The lowest BCUT2D eigenvalue weighted by Gasteiger charge is -2.32. The molecule has 8 nitrogen and oxygen atoms in total. The largest absolute Gasteiger partial charge is 0.497 e. The van der Waals surface area contributed by atoms with Crippen molar-refractivity contribution in [2.24, 2.45) is 0 Å². The fraction of sp³-hybridized carbons (Fsp3) is 0.440. The van der Waals surface area contributed by atoms with E-state index in [1.807, 2.05) is 30.3 Å². The van der Waals surface area contributed by atoms with Crippen molar-refractivity contribution in [1.82, 2.24) is 10.2 Å². The number of nitrogens with zero attached hydrogens (tertiary/aromatic N) is 2. The Labute approximate surface area is 201 Å². The van der Waals surface area contributed by atoms with E-state index in [1.165, 1.54) is 12.0 Å². The number of methoxy groups -OCH3 is 1. The molecular formula is C25H33N3O5S. The molecule has 1 atom stereocenters. The molecule has 1 saturated carbocycles. The van der Waals surface area contributed by atoms with E-state index in [1.54, 1.807) is 31.2 Å². The third-order valence-electron chi connectivity index (χ3n) is 6.10. The highest BCUT2D eigenvalue weighted by atomic mass is 32.2. The number of hydrogen-bond acceptors (Lipinski definition) is 5. The van der Waals surface area contributed by atoms with E-state index in [9.17, 15) is 18.0 Å². The number of carbonyl (C=O) groups excluding carboxylic acids is 2. The van der Waals surface area contributed by atoms with Crippen molar-refractivity contribution < 1.29 is 22.7 Å². The van der Waals surface area contributed by atoms with Crippen LogP contribution in [-0.2, 0) is 26.2 Å². The van der Waals surface area contributed by atoms with Gasteiger partial charge in [-0.3, -0.25) is 13.9 Å². The number of benzene rings is 2. The van der Waals surface area contributed by atoms with Crippen LogP contribution in [0.3, 0.4) is 0 Å². The highest BCUT2D eigenvalue weighted by Crippen LogP contribution is 2.23. The third kappa shape index (κ3) is 6.72. The van der Waals surface area contributed by atoms with E-state index in [-0.39, 0.29) is 18.5 Å². The van der Waals surface area contributed by atoms with Crippen LogP contribution in [0.1, 0.15) is 38.2 Å². The fourth-order valence-electron chi connectivity index (χ4n) is 4.12. The second kappa shape index (κ2) is 11.4. The van der Waals surface area contributed by atoms with Crippen LogP contribution in [0.15, 0.2) is 54.6 Å². The highest BCUT2D eigenvalue weighted by Gasteiger charge is 2.31. The summed E-state index contributed by atoms with van der Waals surface area (Å²) >= 11 is 0. The molecule has 0 radical (unpaired) electrons. The molecule has 2 amide bonds. The first kappa shape index (κ1) is 25.6. The second-order valence-electron chi connectivity index (χ2n) is 8.64. The van der Waals surface area contributed by atoms with E-state index >= 15 is 0 Å². The molecule has 0 unspecified atom stereocenters. The highest BCUT2D eigenvalue weighted by molar-refractivity contribution is 7.92. The molecule has 184 valence electrons. The predicted molar refractivity (Wildman–Crippen MR) is 132 cm³/mol.